The molecule has 0 bridgehead atoms. The summed E-state index contributed by atoms with van der Waals surface area (Å²) in [4.78, 5) is 42.7. The molecule has 42 heavy (non-hydrogen) atoms. The Bertz CT molecular complexity index is 1090. The van der Waals surface area contributed by atoms with Gasteiger partial charge in [0.05, 0.1) is 7.11 Å². The van der Waals surface area contributed by atoms with Crippen LogP contribution in [0, 0.1) is 0 Å². The maximum Gasteiger partial charge on any atom is 0.408 e. The van der Waals surface area contributed by atoms with Crippen LogP contribution in [0.1, 0.15) is 84.2 Å². The van der Waals surface area contributed by atoms with Crippen LogP contribution in [0.5, 0.6) is 5.75 Å². The van der Waals surface area contributed by atoms with E-state index in [9.17, 15) is 14.4 Å². The highest BCUT2D eigenvalue weighted by Gasteiger charge is 2.36. The minimum absolute atomic E-state index is 0.304. The number of alkyl carbamates (subject to hydrolysis) is 1. The van der Waals surface area contributed by atoms with Crippen molar-refractivity contribution in [3.63, 3.8) is 0 Å². The summed E-state index contributed by atoms with van der Waals surface area (Å²) >= 11 is 1.59. The quantitative estimate of drug-likeness (QED) is 0.187. The molecule has 0 saturated heterocycles. The zero-order valence-electron chi connectivity index (χ0n) is 26.1. The molecule has 2 rings (SSSR count). The topological polar surface area (TPSA) is 97.0 Å². The van der Waals surface area contributed by atoms with Crippen LogP contribution in [0.25, 0.3) is 0 Å². The van der Waals surface area contributed by atoms with Crippen LogP contribution in [0.4, 0.5) is 10.5 Å². The second kappa shape index (κ2) is 18.4. The maximum atomic E-state index is 14.3. The molecule has 0 spiro atoms. The Morgan fingerprint density at radius 2 is 1.57 bits per heavy atom. The number of nitrogens with zero attached hydrogens (tertiary/aromatic N) is 1. The van der Waals surface area contributed by atoms with Gasteiger partial charge in [-0.3, -0.25) is 9.59 Å². The number of carbonyl (C=O) groups is 3. The Hall–Kier alpha value is -3.20. The summed E-state index contributed by atoms with van der Waals surface area (Å²) in [7, 11) is 1.59. The lowest BCUT2D eigenvalue weighted by Crippen LogP contribution is -2.52. The van der Waals surface area contributed by atoms with E-state index in [0.29, 0.717) is 35.7 Å². The number of hydrogen-bond acceptors (Lipinski definition) is 6. The van der Waals surface area contributed by atoms with Gasteiger partial charge in [0.1, 0.15) is 23.4 Å². The molecule has 232 valence electrons. The number of nitrogens with one attached hydrogen (secondary N) is 2. The van der Waals surface area contributed by atoms with Crippen LogP contribution in [0.3, 0.4) is 0 Å². The van der Waals surface area contributed by atoms with Gasteiger partial charge in [-0.1, -0.05) is 69.4 Å². The van der Waals surface area contributed by atoms with Gasteiger partial charge in [-0.2, -0.15) is 11.8 Å². The van der Waals surface area contributed by atoms with E-state index in [4.69, 9.17) is 9.47 Å². The lowest BCUT2D eigenvalue weighted by molar-refractivity contribution is -0.141. The predicted octanol–water partition coefficient (Wildman–Crippen LogP) is 7.21. The van der Waals surface area contributed by atoms with Crippen molar-refractivity contribution in [1.82, 2.24) is 10.2 Å². The number of rotatable bonds is 17. The minimum Gasteiger partial charge on any atom is -0.497 e. The van der Waals surface area contributed by atoms with Crippen LogP contribution < -0.4 is 15.4 Å². The molecule has 2 N–H and O–H groups in total. The monoisotopic (exact) mass is 599 g/mol. The fourth-order valence-corrected chi connectivity index (χ4v) is 5.04. The van der Waals surface area contributed by atoms with Crippen LogP contribution in [-0.4, -0.2) is 60.1 Å². The van der Waals surface area contributed by atoms with Crippen molar-refractivity contribution >= 4 is 35.4 Å². The standard InChI is InChI=1S/C33H49N3O5S/c1-7-8-9-10-11-15-23-36(31(38)28(22-24-42-6)35-32(39)41-33(2,3)4)29(25-16-13-12-14-17-25)30(37)34-26-18-20-27(40-5)21-19-26/h12-14,16-21,28-29H,7-11,15,22-24H2,1-6H3,(H,34,37)(H,35,39). The molecule has 0 radical (unpaired) electrons. The smallest absolute Gasteiger partial charge is 0.408 e. The third-order valence-corrected chi connectivity index (χ3v) is 7.31. The molecular weight excluding hydrogens is 550 g/mol. The molecule has 0 fully saturated rings. The van der Waals surface area contributed by atoms with Gasteiger partial charge in [0.25, 0.3) is 5.91 Å². The van der Waals surface area contributed by atoms with Gasteiger partial charge in [0.15, 0.2) is 0 Å². The molecule has 8 nitrogen and oxygen atoms in total. The number of unbranched alkanes of at least 4 members (excludes halogenated alkanes) is 5. The van der Waals surface area contributed by atoms with E-state index in [0.717, 1.165) is 32.1 Å². The molecule has 0 saturated carbocycles. The third-order valence-electron chi connectivity index (χ3n) is 6.67. The molecule has 0 aromatic heterocycles. The van der Waals surface area contributed by atoms with Gasteiger partial charge < -0.3 is 25.0 Å². The maximum absolute atomic E-state index is 14.3. The van der Waals surface area contributed by atoms with E-state index in [1.807, 2.05) is 36.6 Å². The summed E-state index contributed by atoms with van der Waals surface area (Å²) in [5.41, 5.74) is 0.587. The molecule has 0 aliphatic rings. The summed E-state index contributed by atoms with van der Waals surface area (Å²) in [6.07, 6.45) is 7.94. The fraction of sp³-hybridized carbons (Fsp3) is 0.545. The molecular formula is C33H49N3O5S. The van der Waals surface area contributed by atoms with Gasteiger partial charge in [-0.25, -0.2) is 4.79 Å². The van der Waals surface area contributed by atoms with Crippen LogP contribution >= 0.6 is 11.8 Å². The largest absolute Gasteiger partial charge is 0.497 e. The average molecular weight is 600 g/mol. The Morgan fingerprint density at radius 3 is 2.17 bits per heavy atom. The first-order chi connectivity index (χ1) is 20.1. The van der Waals surface area contributed by atoms with Gasteiger partial charge in [0.2, 0.25) is 5.91 Å². The van der Waals surface area contributed by atoms with Gasteiger partial charge in [-0.15, -0.1) is 0 Å². The first kappa shape index (κ1) is 35.0. The second-order valence-electron chi connectivity index (χ2n) is 11.3. The highest BCUT2D eigenvalue weighted by Crippen LogP contribution is 2.26. The molecule has 2 unspecified atom stereocenters. The van der Waals surface area contributed by atoms with E-state index >= 15 is 0 Å². The normalized spacial score (nSPS) is 12.6. The number of thioether (sulfide) groups is 1. The van der Waals surface area contributed by atoms with E-state index in [1.54, 1.807) is 68.8 Å². The van der Waals surface area contributed by atoms with Gasteiger partial charge in [0, 0.05) is 12.2 Å². The van der Waals surface area contributed by atoms with Crippen molar-refractivity contribution in [2.45, 2.75) is 90.3 Å². The first-order valence-corrected chi connectivity index (χ1v) is 16.3. The summed E-state index contributed by atoms with van der Waals surface area (Å²) in [6, 6.07) is 14.7. The van der Waals surface area contributed by atoms with E-state index < -0.39 is 23.8 Å². The molecule has 2 atom stereocenters. The van der Waals surface area contributed by atoms with Gasteiger partial charge >= 0.3 is 6.09 Å². The SMILES string of the molecule is CCCCCCCCN(C(=O)C(CCSC)NC(=O)OC(C)(C)C)C(C(=O)Nc1ccc(OC)cc1)c1ccccc1. The van der Waals surface area contributed by atoms with Crippen molar-refractivity contribution < 1.29 is 23.9 Å². The fourth-order valence-electron chi connectivity index (χ4n) is 4.57. The molecule has 0 heterocycles. The Kier molecular flexibility index (Phi) is 15.3. The zero-order valence-corrected chi connectivity index (χ0v) is 26.9. The summed E-state index contributed by atoms with van der Waals surface area (Å²) in [6.45, 7) is 7.91. The number of benzene rings is 2. The number of ether oxygens (including phenoxy) is 2. The van der Waals surface area contributed by atoms with Crippen molar-refractivity contribution in [3.8, 4) is 5.75 Å². The van der Waals surface area contributed by atoms with Gasteiger partial charge in [-0.05, 0) is 75.5 Å². The second-order valence-corrected chi connectivity index (χ2v) is 12.3. The number of amides is 3. The summed E-state index contributed by atoms with van der Waals surface area (Å²) in [5, 5.41) is 5.80. The lowest BCUT2D eigenvalue weighted by Gasteiger charge is -2.34. The molecule has 2 aromatic rings. The predicted molar refractivity (Wildman–Crippen MR) is 172 cm³/mol. The number of carbonyl (C=O) groups excluding carboxylic acids is 3. The van der Waals surface area contributed by atoms with E-state index in [1.165, 1.54) is 6.42 Å². The Balaban J connectivity index is 2.44. The first-order valence-electron chi connectivity index (χ1n) is 14.9. The van der Waals surface area contributed by atoms with E-state index in [2.05, 4.69) is 17.6 Å². The highest BCUT2D eigenvalue weighted by molar-refractivity contribution is 7.98. The Morgan fingerprint density at radius 1 is 0.929 bits per heavy atom. The van der Waals surface area contributed by atoms with Crippen molar-refractivity contribution in [1.29, 1.82) is 0 Å². The number of hydrogen-bond donors (Lipinski definition) is 2. The van der Waals surface area contributed by atoms with Crippen molar-refractivity contribution in [2.24, 2.45) is 0 Å². The minimum atomic E-state index is -0.895. The highest BCUT2D eigenvalue weighted by atomic mass is 32.2. The third kappa shape index (κ3) is 12.3. The molecule has 0 aliphatic heterocycles. The number of methoxy groups -OCH3 is 1. The van der Waals surface area contributed by atoms with Crippen LogP contribution in [0.15, 0.2) is 54.6 Å². The molecule has 2 aromatic carbocycles. The molecule has 3 amide bonds. The Labute approximate surface area is 256 Å². The molecule has 0 aliphatic carbocycles. The summed E-state index contributed by atoms with van der Waals surface area (Å²) < 4.78 is 10.7. The number of anilines is 1. The zero-order chi connectivity index (χ0) is 31.0. The van der Waals surface area contributed by atoms with E-state index in [-0.39, 0.29) is 11.8 Å². The van der Waals surface area contributed by atoms with Crippen molar-refractivity contribution in [2.75, 3.05) is 31.0 Å². The summed E-state index contributed by atoms with van der Waals surface area (Å²) in [5.74, 6) is 0.705. The molecule has 9 heteroatoms. The van der Waals surface area contributed by atoms with Crippen LogP contribution in [-0.2, 0) is 14.3 Å². The average Bonchev–Trinajstić information content (AvgIpc) is 2.96. The lowest BCUT2D eigenvalue weighted by atomic mass is 10.0. The van der Waals surface area contributed by atoms with Crippen LogP contribution in [0.2, 0.25) is 0 Å². The van der Waals surface area contributed by atoms with Crippen molar-refractivity contribution in [3.05, 3.63) is 60.2 Å².